The molecule has 2 heterocycles. The second-order valence-corrected chi connectivity index (χ2v) is 7.59. The number of aryl methyl sites for hydroxylation is 2. The van der Waals surface area contributed by atoms with Crippen molar-refractivity contribution in [1.29, 1.82) is 0 Å². The average molecular weight is 433 g/mol. The Labute approximate surface area is 187 Å². The Hall–Kier alpha value is -3.81. The molecule has 2 aromatic carbocycles. The van der Waals surface area contributed by atoms with Gasteiger partial charge in [-0.1, -0.05) is 30.3 Å². The minimum atomic E-state index is 0.505. The van der Waals surface area contributed by atoms with Gasteiger partial charge in [-0.3, -0.25) is 0 Å². The molecule has 32 heavy (non-hydrogen) atoms. The number of furan rings is 1. The molecule has 0 aliphatic carbocycles. The zero-order valence-electron chi connectivity index (χ0n) is 18.8. The zero-order valence-corrected chi connectivity index (χ0v) is 18.8. The molecule has 0 aliphatic rings. The molecule has 4 rings (SSSR count). The van der Waals surface area contributed by atoms with Crippen molar-refractivity contribution in [3.63, 3.8) is 0 Å². The number of benzene rings is 2. The maximum Gasteiger partial charge on any atom is 0.192 e. The van der Waals surface area contributed by atoms with Gasteiger partial charge < -0.3 is 24.4 Å². The molecule has 0 saturated carbocycles. The van der Waals surface area contributed by atoms with E-state index in [4.69, 9.17) is 14.1 Å². The van der Waals surface area contributed by atoms with E-state index < -0.39 is 0 Å². The molecule has 8 nitrogen and oxygen atoms in total. The third kappa shape index (κ3) is 4.74. The minimum absolute atomic E-state index is 0.505. The normalized spacial score (nSPS) is 11.7. The minimum Gasteiger partial charge on any atom is -0.497 e. The monoisotopic (exact) mass is 432 g/mol. The molecular weight excluding hydrogens is 404 g/mol. The fraction of sp³-hybridized carbons (Fsp3) is 0.292. The van der Waals surface area contributed by atoms with Crippen LogP contribution < -0.4 is 15.4 Å². The van der Waals surface area contributed by atoms with Gasteiger partial charge in [0, 0.05) is 18.0 Å². The van der Waals surface area contributed by atoms with E-state index in [1.807, 2.05) is 61.0 Å². The molecule has 0 fully saturated rings. The average Bonchev–Trinajstić information content (AvgIpc) is 3.32. The number of ether oxygens (including phenoxy) is 1. The van der Waals surface area contributed by atoms with Crippen LogP contribution in [0.15, 0.2) is 57.9 Å². The van der Waals surface area contributed by atoms with Gasteiger partial charge >= 0.3 is 0 Å². The van der Waals surface area contributed by atoms with Gasteiger partial charge in [-0.2, -0.15) is 0 Å². The van der Waals surface area contributed by atoms with Crippen molar-refractivity contribution in [3.8, 4) is 5.75 Å². The number of methoxy groups -OCH3 is 1. The summed E-state index contributed by atoms with van der Waals surface area (Å²) in [5, 5.41) is 16.2. The van der Waals surface area contributed by atoms with Crippen LogP contribution in [0.1, 0.15) is 28.5 Å². The number of guanidine groups is 1. The third-order valence-corrected chi connectivity index (χ3v) is 5.53. The highest BCUT2D eigenvalue weighted by atomic mass is 16.5. The van der Waals surface area contributed by atoms with Crippen LogP contribution in [-0.4, -0.2) is 27.8 Å². The van der Waals surface area contributed by atoms with E-state index in [-0.39, 0.29) is 0 Å². The number of hydrogen-bond acceptors (Lipinski definition) is 5. The molecule has 0 aliphatic heterocycles. The zero-order chi connectivity index (χ0) is 22.5. The fourth-order valence-electron chi connectivity index (χ4n) is 3.40. The van der Waals surface area contributed by atoms with E-state index in [0.717, 1.165) is 45.3 Å². The Kier molecular flexibility index (Phi) is 6.39. The van der Waals surface area contributed by atoms with Crippen molar-refractivity contribution in [2.24, 2.45) is 12.0 Å². The van der Waals surface area contributed by atoms with Crippen LogP contribution in [0.5, 0.6) is 5.75 Å². The van der Waals surface area contributed by atoms with Crippen molar-refractivity contribution in [2.45, 2.75) is 33.5 Å². The largest absolute Gasteiger partial charge is 0.497 e. The molecule has 166 valence electrons. The van der Waals surface area contributed by atoms with Crippen LogP contribution in [0.3, 0.4) is 0 Å². The summed E-state index contributed by atoms with van der Waals surface area (Å²) >= 11 is 0. The lowest BCUT2D eigenvalue weighted by Crippen LogP contribution is -2.37. The molecule has 0 bridgehead atoms. The predicted octanol–water partition coefficient (Wildman–Crippen LogP) is 3.62. The van der Waals surface area contributed by atoms with Crippen molar-refractivity contribution < 1.29 is 9.15 Å². The van der Waals surface area contributed by atoms with Crippen LogP contribution in [0.25, 0.3) is 11.0 Å². The lowest BCUT2D eigenvalue weighted by molar-refractivity contribution is 0.414. The summed E-state index contributed by atoms with van der Waals surface area (Å²) in [5.41, 5.74) is 3.11. The summed E-state index contributed by atoms with van der Waals surface area (Å²) in [7, 11) is 3.61. The SMILES string of the molecule is COc1ccc(CN=C(NCc2oc3ccccc3c2C)NCc2nnc(C)n2C)cc1. The van der Waals surface area contributed by atoms with E-state index in [1.54, 1.807) is 7.11 Å². The molecule has 0 amide bonds. The van der Waals surface area contributed by atoms with Gasteiger partial charge in [0.05, 0.1) is 26.7 Å². The van der Waals surface area contributed by atoms with Crippen LogP contribution in [-0.2, 0) is 26.7 Å². The maximum atomic E-state index is 6.04. The lowest BCUT2D eigenvalue weighted by Gasteiger charge is -2.12. The summed E-state index contributed by atoms with van der Waals surface area (Å²) in [4.78, 5) is 4.75. The van der Waals surface area contributed by atoms with Crippen LogP contribution in [0.4, 0.5) is 0 Å². The number of hydrogen-bond donors (Lipinski definition) is 2. The highest BCUT2D eigenvalue weighted by Crippen LogP contribution is 2.24. The number of nitrogens with zero attached hydrogens (tertiary/aromatic N) is 4. The summed E-state index contributed by atoms with van der Waals surface area (Å²) < 4.78 is 13.2. The summed E-state index contributed by atoms with van der Waals surface area (Å²) in [5.74, 6) is 4.08. The Balaban J connectivity index is 1.49. The second-order valence-electron chi connectivity index (χ2n) is 7.59. The van der Waals surface area contributed by atoms with Gasteiger partial charge in [-0.15, -0.1) is 10.2 Å². The molecule has 0 atom stereocenters. The molecule has 8 heteroatoms. The van der Waals surface area contributed by atoms with Crippen LogP contribution >= 0.6 is 0 Å². The summed E-state index contributed by atoms with van der Waals surface area (Å²) in [6.07, 6.45) is 0. The second kappa shape index (κ2) is 9.55. The first-order valence-electron chi connectivity index (χ1n) is 10.5. The number of aliphatic imine (C=N–C) groups is 1. The predicted molar refractivity (Wildman–Crippen MR) is 125 cm³/mol. The molecule has 2 aromatic heterocycles. The molecule has 0 saturated heterocycles. The standard InChI is InChI=1S/C24H28N6O2/c1-16-20-7-5-6-8-21(20)32-22(16)14-26-24(27-15-23-29-28-17(2)30(23)3)25-13-18-9-11-19(31-4)12-10-18/h5-12H,13-15H2,1-4H3,(H2,25,26,27). The van der Waals surface area contributed by atoms with Crippen molar-refractivity contribution in [2.75, 3.05) is 7.11 Å². The Bertz CT molecular complexity index is 1220. The topological polar surface area (TPSA) is 89.5 Å². The Morgan fingerprint density at radius 3 is 2.47 bits per heavy atom. The van der Waals surface area contributed by atoms with Gasteiger partial charge in [-0.05, 0) is 37.6 Å². The van der Waals surface area contributed by atoms with Gasteiger partial charge in [0.25, 0.3) is 0 Å². The molecule has 0 radical (unpaired) electrons. The quantitative estimate of drug-likeness (QED) is 0.342. The Morgan fingerprint density at radius 1 is 1.03 bits per heavy atom. The highest BCUT2D eigenvalue weighted by Gasteiger charge is 2.11. The number of rotatable bonds is 7. The summed E-state index contributed by atoms with van der Waals surface area (Å²) in [6, 6.07) is 16.0. The van der Waals surface area contributed by atoms with E-state index in [2.05, 4.69) is 33.8 Å². The van der Waals surface area contributed by atoms with E-state index in [0.29, 0.717) is 25.6 Å². The fourth-order valence-corrected chi connectivity index (χ4v) is 3.40. The number of fused-ring (bicyclic) bond motifs is 1. The van der Waals surface area contributed by atoms with Crippen LogP contribution in [0, 0.1) is 13.8 Å². The number of para-hydroxylation sites is 1. The first-order chi connectivity index (χ1) is 15.5. The first-order valence-corrected chi connectivity index (χ1v) is 10.5. The first kappa shape index (κ1) is 21.4. The summed E-state index contributed by atoms with van der Waals surface area (Å²) in [6.45, 7) is 5.55. The molecular formula is C24H28N6O2. The van der Waals surface area contributed by atoms with Gasteiger partial charge in [0.1, 0.15) is 22.9 Å². The van der Waals surface area contributed by atoms with E-state index in [1.165, 1.54) is 0 Å². The van der Waals surface area contributed by atoms with Crippen molar-refractivity contribution >= 4 is 16.9 Å². The van der Waals surface area contributed by atoms with Crippen molar-refractivity contribution in [1.82, 2.24) is 25.4 Å². The van der Waals surface area contributed by atoms with E-state index in [9.17, 15) is 0 Å². The molecule has 0 spiro atoms. The maximum absolute atomic E-state index is 6.04. The van der Waals surface area contributed by atoms with E-state index >= 15 is 0 Å². The molecule has 0 unspecified atom stereocenters. The highest BCUT2D eigenvalue weighted by molar-refractivity contribution is 5.83. The van der Waals surface area contributed by atoms with Gasteiger partial charge in [0.2, 0.25) is 0 Å². The Morgan fingerprint density at radius 2 is 1.78 bits per heavy atom. The van der Waals surface area contributed by atoms with Gasteiger partial charge in [-0.25, -0.2) is 4.99 Å². The lowest BCUT2D eigenvalue weighted by atomic mass is 10.1. The number of nitrogens with one attached hydrogen (secondary N) is 2. The van der Waals surface area contributed by atoms with Crippen molar-refractivity contribution in [3.05, 3.63) is 77.1 Å². The molecule has 4 aromatic rings. The van der Waals surface area contributed by atoms with Crippen LogP contribution in [0.2, 0.25) is 0 Å². The van der Waals surface area contributed by atoms with Gasteiger partial charge in [0.15, 0.2) is 11.8 Å². The number of aromatic nitrogens is 3. The smallest absolute Gasteiger partial charge is 0.192 e. The third-order valence-electron chi connectivity index (χ3n) is 5.53. The molecule has 2 N–H and O–H groups in total.